The average molecular weight is 287 g/mol. The van der Waals surface area contributed by atoms with Crippen LogP contribution in [0, 0.1) is 0 Å². The third-order valence-electron chi connectivity index (χ3n) is 2.99. The van der Waals surface area contributed by atoms with Crippen LogP contribution in [0.3, 0.4) is 0 Å². The third-order valence-corrected chi connectivity index (χ3v) is 3.98. The molecule has 0 aliphatic carbocycles. The van der Waals surface area contributed by atoms with Gasteiger partial charge in [-0.25, -0.2) is 4.98 Å². The van der Waals surface area contributed by atoms with Crippen LogP contribution in [0.15, 0.2) is 52.2 Å². The molecule has 20 heavy (non-hydrogen) atoms. The van der Waals surface area contributed by atoms with Crippen LogP contribution in [0.25, 0.3) is 11.0 Å². The number of para-hydroxylation sites is 2. The lowest BCUT2D eigenvalue weighted by molar-refractivity contribution is 0.484. The van der Waals surface area contributed by atoms with Crippen LogP contribution in [0.2, 0.25) is 0 Å². The number of imidazole rings is 1. The van der Waals surface area contributed by atoms with Crippen molar-refractivity contribution < 1.29 is 4.42 Å². The lowest BCUT2D eigenvalue weighted by Crippen LogP contribution is -2.22. The molecule has 1 unspecified atom stereocenters. The number of nitrogens with zero attached hydrogens (tertiary/aromatic N) is 1. The predicted octanol–water partition coefficient (Wildman–Crippen LogP) is 3.43. The molecule has 2 heterocycles. The smallest absolute Gasteiger partial charge is 0.166 e. The van der Waals surface area contributed by atoms with Gasteiger partial charge in [-0.1, -0.05) is 30.8 Å². The SMILES string of the molecule is CC(CNCc1ccco1)Sc1nc2ccccc2[nH]1. The maximum atomic E-state index is 5.29. The summed E-state index contributed by atoms with van der Waals surface area (Å²) in [7, 11) is 0. The number of rotatable bonds is 6. The van der Waals surface area contributed by atoms with Crippen molar-refractivity contribution in [2.24, 2.45) is 0 Å². The number of aromatic amines is 1. The highest BCUT2D eigenvalue weighted by molar-refractivity contribution is 7.99. The van der Waals surface area contributed by atoms with Crippen molar-refractivity contribution in [1.82, 2.24) is 15.3 Å². The van der Waals surface area contributed by atoms with Crippen LogP contribution in [0.1, 0.15) is 12.7 Å². The van der Waals surface area contributed by atoms with Crippen molar-refractivity contribution in [2.45, 2.75) is 23.9 Å². The summed E-state index contributed by atoms with van der Waals surface area (Å²) in [6.45, 7) is 3.85. The van der Waals surface area contributed by atoms with Gasteiger partial charge in [-0.3, -0.25) is 0 Å². The molecule has 0 aliphatic heterocycles. The number of nitrogens with one attached hydrogen (secondary N) is 2. The molecule has 1 aromatic carbocycles. The molecule has 0 saturated heterocycles. The van der Waals surface area contributed by atoms with E-state index in [0.29, 0.717) is 5.25 Å². The van der Waals surface area contributed by atoms with Crippen molar-refractivity contribution in [2.75, 3.05) is 6.54 Å². The van der Waals surface area contributed by atoms with Crippen LogP contribution < -0.4 is 5.32 Å². The van der Waals surface area contributed by atoms with E-state index in [-0.39, 0.29) is 0 Å². The van der Waals surface area contributed by atoms with Crippen LogP contribution >= 0.6 is 11.8 Å². The molecule has 1 atom stereocenters. The molecule has 0 fully saturated rings. The van der Waals surface area contributed by atoms with Crippen molar-refractivity contribution >= 4 is 22.8 Å². The Bertz CT molecular complexity index is 630. The Morgan fingerprint density at radius 2 is 2.20 bits per heavy atom. The Balaban J connectivity index is 1.51. The molecule has 5 heteroatoms. The molecule has 0 radical (unpaired) electrons. The normalized spacial score (nSPS) is 12.8. The highest BCUT2D eigenvalue weighted by Crippen LogP contribution is 2.22. The first-order valence-corrected chi connectivity index (χ1v) is 7.54. The molecule has 3 rings (SSSR count). The largest absolute Gasteiger partial charge is 0.468 e. The van der Waals surface area contributed by atoms with E-state index in [4.69, 9.17) is 4.42 Å². The summed E-state index contributed by atoms with van der Waals surface area (Å²) in [5.41, 5.74) is 2.11. The fraction of sp³-hybridized carbons (Fsp3) is 0.267. The van der Waals surface area contributed by atoms with E-state index < -0.39 is 0 Å². The number of thioether (sulfide) groups is 1. The summed E-state index contributed by atoms with van der Waals surface area (Å²) in [6.07, 6.45) is 1.70. The van der Waals surface area contributed by atoms with Gasteiger partial charge >= 0.3 is 0 Å². The lowest BCUT2D eigenvalue weighted by Gasteiger charge is -2.09. The summed E-state index contributed by atoms with van der Waals surface area (Å²) < 4.78 is 5.29. The highest BCUT2D eigenvalue weighted by atomic mass is 32.2. The van der Waals surface area contributed by atoms with Gasteiger partial charge in [-0.15, -0.1) is 0 Å². The van der Waals surface area contributed by atoms with Crippen LogP contribution in [-0.2, 0) is 6.54 Å². The molecule has 0 aliphatic rings. The van der Waals surface area contributed by atoms with E-state index in [0.717, 1.165) is 35.0 Å². The minimum absolute atomic E-state index is 0.436. The van der Waals surface area contributed by atoms with E-state index in [2.05, 4.69) is 22.2 Å². The Morgan fingerprint density at radius 3 is 3.00 bits per heavy atom. The Morgan fingerprint density at radius 1 is 1.30 bits per heavy atom. The Kier molecular flexibility index (Phi) is 4.08. The second-order valence-corrected chi connectivity index (χ2v) is 6.12. The lowest BCUT2D eigenvalue weighted by atomic mass is 10.3. The zero-order chi connectivity index (χ0) is 13.8. The number of aromatic nitrogens is 2. The molecule has 2 N–H and O–H groups in total. The third kappa shape index (κ3) is 3.23. The maximum absolute atomic E-state index is 5.29. The fourth-order valence-electron chi connectivity index (χ4n) is 2.03. The first kappa shape index (κ1) is 13.3. The van der Waals surface area contributed by atoms with Gasteiger partial charge in [0, 0.05) is 11.8 Å². The average Bonchev–Trinajstić information content (AvgIpc) is 3.06. The van der Waals surface area contributed by atoms with E-state index in [9.17, 15) is 0 Å². The van der Waals surface area contributed by atoms with Crippen molar-refractivity contribution in [3.05, 3.63) is 48.4 Å². The summed E-state index contributed by atoms with van der Waals surface area (Å²) in [4.78, 5) is 7.91. The maximum Gasteiger partial charge on any atom is 0.166 e. The van der Waals surface area contributed by atoms with Gasteiger partial charge in [-0.2, -0.15) is 0 Å². The molecule has 0 spiro atoms. The van der Waals surface area contributed by atoms with Crippen LogP contribution in [0.5, 0.6) is 0 Å². The molecule has 0 bridgehead atoms. The summed E-state index contributed by atoms with van der Waals surface area (Å²) >= 11 is 1.75. The van der Waals surface area contributed by atoms with Crippen LogP contribution in [0.4, 0.5) is 0 Å². The molecular formula is C15H17N3OS. The van der Waals surface area contributed by atoms with E-state index >= 15 is 0 Å². The molecule has 0 amide bonds. The van der Waals surface area contributed by atoms with Crippen LogP contribution in [-0.4, -0.2) is 21.8 Å². The molecule has 104 valence electrons. The van der Waals surface area contributed by atoms with Crippen molar-refractivity contribution in [3.63, 3.8) is 0 Å². The Hall–Kier alpha value is -1.72. The van der Waals surface area contributed by atoms with Gasteiger partial charge in [-0.05, 0) is 24.3 Å². The molecule has 3 aromatic rings. The standard InChI is InChI=1S/C15H17N3OS/c1-11(9-16-10-12-5-4-8-19-12)20-15-17-13-6-2-3-7-14(13)18-15/h2-8,11,16H,9-10H2,1H3,(H,17,18). The minimum atomic E-state index is 0.436. The monoisotopic (exact) mass is 287 g/mol. The van der Waals surface area contributed by atoms with Crippen molar-refractivity contribution in [3.8, 4) is 0 Å². The topological polar surface area (TPSA) is 53.9 Å². The zero-order valence-electron chi connectivity index (χ0n) is 11.3. The van der Waals surface area contributed by atoms with Gasteiger partial charge in [0.2, 0.25) is 0 Å². The number of hydrogen-bond donors (Lipinski definition) is 2. The number of furan rings is 1. The second kappa shape index (κ2) is 6.15. The Labute approximate surface area is 122 Å². The summed E-state index contributed by atoms with van der Waals surface area (Å²) in [5, 5.41) is 4.79. The first-order chi connectivity index (χ1) is 9.81. The van der Waals surface area contributed by atoms with E-state index in [1.54, 1.807) is 18.0 Å². The van der Waals surface area contributed by atoms with Gasteiger partial charge in [0.1, 0.15) is 5.76 Å². The van der Waals surface area contributed by atoms with Crippen molar-refractivity contribution in [1.29, 1.82) is 0 Å². The van der Waals surface area contributed by atoms with Gasteiger partial charge in [0.25, 0.3) is 0 Å². The fourth-order valence-corrected chi connectivity index (χ4v) is 2.93. The summed E-state index contributed by atoms with van der Waals surface area (Å²) in [5.74, 6) is 0.964. The molecule has 4 nitrogen and oxygen atoms in total. The number of benzene rings is 1. The first-order valence-electron chi connectivity index (χ1n) is 6.66. The van der Waals surface area contributed by atoms with Gasteiger partial charge < -0.3 is 14.7 Å². The number of H-pyrrole nitrogens is 1. The number of hydrogen-bond acceptors (Lipinski definition) is 4. The highest BCUT2D eigenvalue weighted by Gasteiger charge is 2.08. The minimum Gasteiger partial charge on any atom is -0.468 e. The molecule has 2 aromatic heterocycles. The molecular weight excluding hydrogens is 270 g/mol. The van der Waals surface area contributed by atoms with E-state index in [1.807, 2.05) is 36.4 Å². The predicted molar refractivity (Wildman–Crippen MR) is 81.8 cm³/mol. The van der Waals surface area contributed by atoms with E-state index in [1.165, 1.54) is 0 Å². The molecule has 0 saturated carbocycles. The number of fused-ring (bicyclic) bond motifs is 1. The zero-order valence-corrected chi connectivity index (χ0v) is 12.1. The quantitative estimate of drug-likeness (QED) is 0.682. The summed E-state index contributed by atoms with van der Waals surface area (Å²) in [6, 6.07) is 12.0. The van der Waals surface area contributed by atoms with Gasteiger partial charge in [0.15, 0.2) is 5.16 Å². The second-order valence-electron chi connectivity index (χ2n) is 4.70. The van der Waals surface area contributed by atoms with Gasteiger partial charge in [0.05, 0.1) is 23.8 Å².